The second kappa shape index (κ2) is 7.99. The van der Waals surface area contributed by atoms with Gasteiger partial charge >= 0.3 is 5.97 Å². The molecule has 7 heteroatoms. The number of nitrogens with zero attached hydrogens (tertiary/aromatic N) is 4. The second-order valence-electron chi connectivity index (χ2n) is 8.40. The summed E-state index contributed by atoms with van der Waals surface area (Å²) < 4.78 is 7.50. The van der Waals surface area contributed by atoms with Crippen LogP contribution in [0.3, 0.4) is 0 Å². The zero-order valence-electron chi connectivity index (χ0n) is 17.1. The van der Waals surface area contributed by atoms with Crippen LogP contribution in [-0.2, 0) is 20.9 Å². The number of carbonyl (C=O) groups is 2. The molecule has 2 aromatic rings. The Balaban J connectivity index is 1.37. The SMILES string of the molecule is CN(C)CC1CC2(CCN(C(=O)Cn3ccnc3-c3ccccc3)CC2)C(=O)O1. The third kappa shape index (κ3) is 4.05. The van der Waals surface area contributed by atoms with Crippen LogP contribution in [0.15, 0.2) is 42.7 Å². The highest BCUT2D eigenvalue weighted by molar-refractivity contribution is 5.81. The summed E-state index contributed by atoms with van der Waals surface area (Å²) in [5, 5.41) is 0. The lowest BCUT2D eigenvalue weighted by Gasteiger charge is -2.36. The summed E-state index contributed by atoms with van der Waals surface area (Å²) in [6.45, 7) is 2.19. The van der Waals surface area contributed by atoms with Crippen LogP contribution in [0.1, 0.15) is 19.3 Å². The number of carbonyl (C=O) groups excluding carboxylic acids is 2. The van der Waals surface area contributed by atoms with E-state index in [1.807, 2.05) is 65.0 Å². The third-order valence-electron chi connectivity index (χ3n) is 6.02. The summed E-state index contributed by atoms with van der Waals surface area (Å²) >= 11 is 0. The Morgan fingerprint density at radius 3 is 2.66 bits per heavy atom. The fourth-order valence-electron chi connectivity index (χ4n) is 4.47. The molecule has 0 saturated carbocycles. The molecule has 3 heterocycles. The maximum Gasteiger partial charge on any atom is 0.312 e. The predicted octanol–water partition coefficient (Wildman–Crippen LogP) is 2.04. The first kappa shape index (κ1) is 19.6. The number of amides is 1. The van der Waals surface area contributed by atoms with Crippen LogP contribution in [0.4, 0.5) is 0 Å². The van der Waals surface area contributed by atoms with Gasteiger partial charge in [-0.15, -0.1) is 0 Å². The first-order valence-electron chi connectivity index (χ1n) is 10.2. The quantitative estimate of drug-likeness (QED) is 0.724. The molecule has 0 N–H and O–H groups in total. The van der Waals surface area contributed by atoms with Crippen molar-refractivity contribution in [2.75, 3.05) is 33.7 Å². The molecule has 1 unspecified atom stereocenters. The van der Waals surface area contributed by atoms with Crippen LogP contribution >= 0.6 is 0 Å². The van der Waals surface area contributed by atoms with E-state index in [1.54, 1.807) is 6.20 Å². The number of hydrogen-bond acceptors (Lipinski definition) is 5. The van der Waals surface area contributed by atoms with Crippen LogP contribution in [0, 0.1) is 5.41 Å². The van der Waals surface area contributed by atoms with E-state index in [2.05, 4.69) is 4.98 Å². The van der Waals surface area contributed by atoms with Gasteiger partial charge in [0.1, 0.15) is 18.5 Å². The lowest BCUT2D eigenvalue weighted by Crippen LogP contribution is -2.46. The highest BCUT2D eigenvalue weighted by atomic mass is 16.6. The number of benzene rings is 1. The van der Waals surface area contributed by atoms with Crippen LogP contribution in [0.2, 0.25) is 0 Å². The van der Waals surface area contributed by atoms with Gasteiger partial charge in [0.25, 0.3) is 0 Å². The first-order chi connectivity index (χ1) is 14.0. The highest BCUT2D eigenvalue weighted by Gasteiger charge is 2.50. The standard InChI is InChI=1S/C22H28N4O3/c1-24(2)15-18-14-22(21(28)29-18)8-11-25(12-9-22)19(27)16-26-13-10-23-20(26)17-6-4-3-5-7-17/h3-7,10,13,18H,8-9,11-12,14-16H2,1-2H3. The second-order valence-corrected chi connectivity index (χ2v) is 8.40. The number of likely N-dealkylation sites (N-methyl/N-ethyl adjacent to an activating group) is 1. The van der Waals surface area contributed by atoms with Gasteiger partial charge in [0.2, 0.25) is 5.91 Å². The van der Waals surface area contributed by atoms with E-state index < -0.39 is 5.41 Å². The van der Waals surface area contributed by atoms with Crippen molar-refractivity contribution < 1.29 is 14.3 Å². The third-order valence-corrected chi connectivity index (χ3v) is 6.02. The first-order valence-corrected chi connectivity index (χ1v) is 10.2. The van der Waals surface area contributed by atoms with E-state index >= 15 is 0 Å². The molecule has 154 valence electrons. The molecular formula is C22H28N4O3. The molecule has 29 heavy (non-hydrogen) atoms. The van der Waals surface area contributed by atoms with Gasteiger partial charge < -0.3 is 19.1 Å². The Labute approximate surface area is 171 Å². The van der Waals surface area contributed by atoms with E-state index in [1.165, 1.54) is 0 Å². The Bertz CT molecular complexity index is 869. The summed E-state index contributed by atoms with van der Waals surface area (Å²) in [7, 11) is 3.97. The number of piperidine rings is 1. The minimum atomic E-state index is -0.415. The van der Waals surface area contributed by atoms with Crippen molar-refractivity contribution in [3.05, 3.63) is 42.7 Å². The monoisotopic (exact) mass is 396 g/mol. The summed E-state index contributed by atoms with van der Waals surface area (Å²) in [6.07, 6.45) is 5.63. The molecule has 4 rings (SSSR count). The lowest BCUT2D eigenvalue weighted by molar-refractivity contribution is -0.152. The molecule has 2 saturated heterocycles. The van der Waals surface area contributed by atoms with Gasteiger partial charge in [-0.1, -0.05) is 30.3 Å². The Morgan fingerprint density at radius 1 is 1.24 bits per heavy atom. The average molecular weight is 396 g/mol. The minimum Gasteiger partial charge on any atom is -0.461 e. The van der Waals surface area contributed by atoms with Crippen LogP contribution in [0.25, 0.3) is 11.4 Å². The molecule has 1 aromatic carbocycles. The topological polar surface area (TPSA) is 67.7 Å². The number of aromatic nitrogens is 2. The van der Waals surface area contributed by atoms with E-state index in [4.69, 9.17) is 4.74 Å². The van der Waals surface area contributed by atoms with Gasteiger partial charge in [0.05, 0.1) is 5.41 Å². The molecule has 1 atom stereocenters. The van der Waals surface area contributed by atoms with Crippen LogP contribution in [0.5, 0.6) is 0 Å². The fraction of sp³-hybridized carbons (Fsp3) is 0.500. The van der Waals surface area contributed by atoms with Crippen molar-refractivity contribution in [2.24, 2.45) is 5.41 Å². The smallest absolute Gasteiger partial charge is 0.312 e. The zero-order valence-corrected chi connectivity index (χ0v) is 17.1. The molecule has 1 amide bonds. The molecule has 7 nitrogen and oxygen atoms in total. The summed E-state index contributed by atoms with van der Waals surface area (Å²) in [5.41, 5.74) is 0.574. The van der Waals surface area contributed by atoms with E-state index in [9.17, 15) is 9.59 Å². The molecule has 2 aliphatic heterocycles. The Kier molecular flexibility index (Phi) is 5.41. The fourth-order valence-corrected chi connectivity index (χ4v) is 4.47. The van der Waals surface area contributed by atoms with Crippen molar-refractivity contribution in [1.82, 2.24) is 19.4 Å². The van der Waals surface area contributed by atoms with Gasteiger partial charge in [-0.05, 0) is 26.9 Å². The molecule has 0 aliphatic carbocycles. The predicted molar refractivity (Wildman–Crippen MR) is 109 cm³/mol. The van der Waals surface area contributed by atoms with Crippen LogP contribution < -0.4 is 0 Å². The van der Waals surface area contributed by atoms with Crippen molar-refractivity contribution in [2.45, 2.75) is 31.9 Å². The molecule has 1 spiro atoms. The molecule has 0 radical (unpaired) electrons. The Hall–Kier alpha value is -2.67. The molecule has 0 bridgehead atoms. The summed E-state index contributed by atoms with van der Waals surface area (Å²) in [5.74, 6) is 0.766. The van der Waals surface area contributed by atoms with E-state index in [-0.39, 0.29) is 24.5 Å². The summed E-state index contributed by atoms with van der Waals surface area (Å²) in [6, 6.07) is 9.87. The number of esters is 1. The molecule has 1 aromatic heterocycles. The number of hydrogen-bond donors (Lipinski definition) is 0. The van der Waals surface area contributed by atoms with Crippen LogP contribution in [-0.4, -0.2) is 71.1 Å². The molecule has 2 aliphatic rings. The van der Waals surface area contributed by atoms with Crippen molar-refractivity contribution in [3.8, 4) is 11.4 Å². The normalized spacial score (nSPS) is 21.0. The van der Waals surface area contributed by atoms with E-state index in [0.717, 1.165) is 24.4 Å². The Morgan fingerprint density at radius 2 is 1.97 bits per heavy atom. The maximum atomic E-state index is 12.9. The number of rotatable bonds is 5. The molecular weight excluding hydrogens is 368 g/mol. The van der Waals surface area contributed by atoms with Gasteiger partial charge in [-0.3, -0.25) is 9.59 Å². The summed E-state index contributed by atoms with van der Waals surface area (Å²) in [4.78, 5) is 33.7. The minimum absolute atomic E-state index is 0.0425. The highest BCUT2D eigenvalue weighted by Crippen LogP contribution is 2.43. The largest absolute Gasteiger partial charge is 0.461 e. The van der Waals surface area contributed by atoms with Gasteiger partial charge in [0, 0.05) is 44.0 Å². The molecule has 2 fully saturated rings. The zero-order chi connectivity index (χ0) is 20.4. The number of imidazole rings is 1. The average Bonchev–Trinajstić information content (AvgIpc) is 3.27. The van der Waals surface area contributed by atoms with E-state index in [0.29, 0.717) is 25.9 Å². The van der Waals surface area contributed by atoms with Crippen molar-refractivity contribution in [3.63, 3.8) is 0 Å². The number of ether oxygens (including phenoxy) is 1. The van der Waals surface area contributed by atoms with Crippen molar-refractivity contribution >= 4 is 11.9 Å². The maximum absolute atomic E-state index is 12.9. The van der Waals surface area contributed by atoms with Crippen molar-refractivity contribution in [1.29, 1.82) is 0 Å². The lowest BCUT2D eigenvalue weighted by atomic mass is 9.76. The van der Waals surface area contributed by atoms with Gasteiger partial charge in [-0.25, -0.2) is 4.98 Å². The number of cyclic esters (lactones) is 1. The van der Waals surface area contributed by atoms with Gasteiger partial charge in [-0.2, -0.15) is 0 Å². The van der Waals surface area contributed by atoms with Gasteiger partial charge in [0.15, 0.2) is 0 Å². The number of likely N-dealkylation sites (tertiary alicyclic amines) is 1.